The molecule has 0 saturated carbocycles. The number of piperazine rings is 1. The fraction of sp³-hybridized carbons (Fsp3) is 0.412. The summed E-state index contributed by atoms with van der Waals surface area (Å²) in [6, 6.07) is 7.62. The fourth-order valence-electron chi connectivity index (χ4n) is 6.70. The molecule has 3 aliphatic rings. The van der Waals surface area contributed by atoms with Gasteiger partial charge in [-0.25, -0.2) is 23.8 Å². The molecule has 1 unspecified atom stereocenters. The molecule has 0 bridgehead atoms. The van der Waals surface area contributed by atoms with Crippen LogP contribution in [0.2, 0.25) is 5.02 Å². The second-order valence-electron chi connectivity index (χ2n) is 12.1. The van der Waals surface area contributed by atoms with E-state index < -0.39 is 22.7 Å². The van der Waals surface area contributed by atoms with E-state index in [1.807, 2.05) is 11.0 Å². The van der Waals surface area contributed by atoms with Crippen LogP contribution >= 0.6 is 11.6 Å². The Morgan fingerprint density at radius 3 is 2.49 bits per heavy atom. The van der Waals surface area contributed by atoms with Gasteiger partial charge in [0.1, 0.15) is 34.6 Å². The summed E-state index contributed by atoms with van der Waals surface area (Å²) in [5.41, 5.74) is 2.11. The molecule has 4 heterocycles. The number of hydroxylamine groups is 1. The van der Waals surface area contributed by atoms with Gasteiger partial charge in [0, 0.05) is 76.4 Å². The Kier molecular flexibility index (Phi) is 10.5. The van der Waals surface area contributed by atoms with Crippen molar-refractivity contribution in [2.45, 2.75) is 38.3 Å². The van der Waals surface area contributed by atoms with E-state index in [0.717, 1.165) is 63.9 Å². The number of piperidine rings is 1. The van der Waals surface area contributed by atoms with Gasteiger partial charge < -0.3 is 25.2 Å². The molecular formula is C34H39ClF2N8O4. The van der Waals surface area contributed by atoms with E-state index in [1.54, 1.807) is 26.2 Å². The average molecular weight is 697 g/mol. The first kappa shape index (κ1) is 34.3. The number of carbonyl (C=O) groups is 2. The molecule has 2 aromatic carbocycles. The maximum atomic E-state index is 14.9. The summed E-state index contributed by atoms with van der Waals surface area (Å²) in [6.07, 6.45) is 4.87. The maximum Gasteiger partial charge on any atom is 0.247 e. The number of nitrogens with one attached hydrogen (secondary N) is 2. The van der Waals surface area contributed by atoms with Crippen LogP contribution in [0.3, 0.4) is 0 Å². The molecule has 2 amide bonds. The molecule has 0 spiro atoms. The molecule has 3 aliphatic heterocycles. The van der Waals surface area contributed by atoms with Crippen molar-refractivity contribution in [2.75, 3.05) is 73.6 Å². The quantitative estimate of drug-likeness (QED) is 0.226. The summed E-state index contributed by atoms with van der Waals surface area (Å²) in [5, 5.41) is 7.09. The van der Waals surface area contributed by atoms with Crippen LogP contribution in [0.1, 0.15) is 37.8 Å². The Morgan fingerprint density at radius 1 is 1.04 bits per heavy atom. The highest BCUT2D eigenvalue weighted by molar-refractivity contribution is 6.31. The number of hydrogen-bond donors (Lipinski definition) is 2. The largest absolute Gasteiger partial charge is 0.494 e. The lowest BCUT2D eigenvalue weighted by atomic mass is 10.0. The van der Waals surface area contributed by atoms with Gasteiger partial charge in [0.05, 0.1) is 36.8 Å². The molecule has 12 nitrogen and oxygen atoms in total. The van der Waals surface area contributed by atoms with Crippen molar-refractivity contribution in [1.29, 1.82) is 0 Å². The van der Waals surface area contributed by atoms with Crippen molar-refractivity contribution >= 4 is 52.1 Å². The SMILES string of the molecule is C=CC(=O)Nc1cc(Nc2cc(N3OCCC3c3ccc(F)c(Cl)c3F)ncn2)c(OC)cc1N1CCC(N2CCN(C(C)=O)CC2)CC1. The highest BCUT2D eigenvalue weighted by atomic mass is 35.5. The number of aromatic nitrogens is 2. The predicted octanol–water partition coefficient (Wildman–Crippen LogP) is 5.30. The van der Waals surface area contributed by atoms with Gasteiger partial charge >= 0.3 is 0 Å². The van der Waals surface area contributed by atoms with Gasteiger partial charge in [-0.15, -0.1) is 0 Å². The summed E-state index contributed by atoms with van der Waals surface area (Å²) in [7, 11) is 1.57. The number of methoxy groups -OCH3 is 1. The van der Waals surface area contributed by atoms with Crippen LogP contribution in [0, 0.1) is 11.6 Å². The van der Waals surface area contributed by atoms with Crippen LogP contribution in [-0.2, 0) is 14.4 Å². The molecule has 1 atom stereocenters. The summed E-state index contributed by atoms with van der Waals surface area (Å²) in [5.74, 6) is -0.663. The highest BCUT2D eigenvalue weighted by Crippen LogP contribution is 2.41. The summed E-state index contributed by atoms with van der Waals surface area (Å²) in [4.78, 5) is 45.4. The first-order valence-corrected chi connectivity index (χ1v) is 16.6. The van der Waals surface area contributed by atoms with Gasteiger partial charge in [-0.3, -0.25) is 19.3 Å². The van der Waals surface area contributed by atoms with Gasteiger partial charge in [-0.2, -0.15) is 0 Å². The molecular weight excluding hydrogens is 658 g/mol. The zero-order valence-electron chi connectivity index (χ0n) is 27.4. The second kappa shape index (κ2) is 14.9. The molecule has 0 aliphatic carbocycles. The van der Waals surface area contributed by atoms with Gasteiger partial charge in [-0.1, -0.05) is 24.2 Å². The normalized spacial score (nSPS) is 18.8. The van der Waals surface area contributed by atoms with Crippen molar-refractivity contribution in [1.82, 2.24) is 19.8 Å². The number of anilines is 5. The second-order valence-corrected chi connectivity index (χ2v) is 12.5. The highest BCUT2D eigenvalue weighted by Gasteiger charge is 2.33. The molecule has 3 fully saturated rings. The maximum absolute atomic E-state index is 14.9. The van der Waals surface area contributed by atoms with Crippen molar-refractivity contribution in [3.8, 4) is 5.75 Å². The Hall–Kier alpha value is -4.53. The smallest absolute Gasteiger partial charge is 0.247 e. The average Bonchev–Trinajstić information content (AvgIpc) is 3.61. The molecule has 49 heavy (non-hydrogen) atoms. The number of halogens is 3. The minimum atomic E-state index is -0.842. The third kappa shape index (κ3) is 7.41. The molecule has 15 heteroatoms. The van der Waals surface area contributed by atoms with Gasteiger partial charge in [0.2, 0.25) is 11.8 Å². The number of benzene rings is 2. The molecule has 6 rings (SSSR count). The van der Waals surface area contributed by atoms with E-state index in [2.05, 4.69) is 37.0 Å². The zero-order chi connectivity index (χ0) is 34.7. The number of carbonyl (C=O) groups excluding carboxylic acids is 2. The first-order valence-electron chi connectivity index (χ1n) is 16.2. The number of hydrogen-bond acceptors (Lipinski definition) is 10. The number of rotatable bonds is 9. The number of ether oxygens (including phenoxy) is 1. The van der Waals surface area contributed by atoms with Crippen LogP contribution in [-0.4, -0.2) is 90.6 Å². The van der Waals surface area contributed by atoms with Gasteiger partial charge in [0.15, 0.2) is 5.82 Å². The lowest BCUT2D eigenvalue weighted by Gasteiger charge is -2.43. The summed E-state index contributed by atoms with van der Waals surface area (Å²) >= 11 is 5.86. The Bertz CT molecular complexity index is 1720. The predicted molar refractivity (Wildman–Crippen MR) is 183 cm³/mol. The lowest BCUT2D eigenvalue weighted by molar-refractivity contribution is -0.131. The van der Waals surface area contributed by atoms with E-state index in [1.165, 1.54) is 23.5 Å². The molecule has 3 aromatic rings. The number of nitrogens with zero attached hydrogens (tertiary/aromatic N) is 6. The molecule has 260 valence electrons. The Labute approximate surface area is 288 Å². The van der Waals surface area contributed by atoms with Crippen LogP contribution in [0.5, 0.6) is 5.75 Å². The van der Waals surface area contributed by atoms with Crippen LogP contribution in [0.4, 0.5) is 37.5 Å². The fourth-order valence-corrected chi connectivity index (χ4v) is 6.88. The third-order valence-electron chi connectivity index (χ3n) is 9.31. The van der Waals surface area contributed by atoms with Gasteiger partial charge in [0.25, 0.3) is 0 Å². The minimum absolute atomic E-state index is 0.120. The standard InChI is InChI=1S/C34H39ClF2N8O4/c1-4-32(47)41-25-17-26(29(48-3)18-28(25)44-10-7-22(8-11-44)43-14-12-42(13-15-43)21(2)46)40-30-19-31(39-20-38-30)45-27(9-16-49-45)23-5-6-24(36)33(35)34(23)37/h4-6,17-20,22,27H,1,7-16H2,2-3H3,(H,41,47)(H,38,39,40). The minimum Gasteiger partial charge on any atom is -0.494 e. The summed E-state index contributed by atoms with van der Waals surface area (Å²) in [6.45, 7) is 10.3. The van der Waals surface area contributed by atoms with Crippen molar-refractivity contribution in [3.05, 3.63) is 71.5 Å². The molecule has 2 N–H and O–H groups in total. The van der Waals surface area contributed by atoms with Gasteiger partial charge in [-0.05, 0) is 31.1 Å². The van der Waals surface area contributed by atoms with Crippen molar-refractivity contribution in [2.24, 2.45) is 0 Å². The molecule has 3 saturated heterocycles. The number of amides is 2. The molecule has 0 radical (unpaired) electrons. The third-order valence-corrected chi connectivity index (χ3v) is 9.66. The first-order chi connectivity index (χ1) is 23.7. The van der Waals surface area contributed by atoms with E-state index in [9.17, 15) is 18.4 Å². The van der Waals surface area contributed by atoms with E-state index in [4.69, 9.17) is 21.2 Å². The van der Waals surface area contributed by atoms with E-state index in [0.29, 0.717) is 47.8 Å². The monoisotopic (exact) mass is 696 g/mol. The van der Waals surface area contributed by atoms with Crippen LogP contribution in [0.15, 0.2) is 49.3 Å². The molecule has 1 aromatic heterocycles. The van der Waals surface area contributed by atoms with E-state index in [-0.39, 0.29) is 17.4 Å². The topological polar surface area (TPSA) is 115 Å². The van der Waals surface area contributed by atoms with E-state index >= 15 is 0 Å². The Morgan fingerprint density at radius 2 is 1.80 bits per heavy atom. The lowest BCUT2D eigenvalue weighted by Crippen LogP contribution is -2.54. The van der Waals surface area contributed by atoms with Crippen molar-refractivity contribution in [3.63, 3.8) is 0 Å². The summed E-state index contributed by atoms with van der Waals surface area (Å²) < 4.78 is 34.6. The Balaban J connectivity index is 1.21. The zero-order valence-corrected chi connectivity index (χ0v) is 28.2. The van der Waals surface area contributed by atoms with Crippen LogP contribution in [0.25, 0.3) is 0 Å². The van der Waals surface area contributed by atoms with Crippen LogP contribution < -0.4 is 25.3 Å². The van der Waals surface area contributed by atoms with Crippen molar-refractivity contribution < 1.29 is 27.9 Å².